The van der Waals surface area contributed by atoms with Gasteiger partial charge >= 0.3 is 0 Å². The lowest BCUT2D eigenvalue weighted by Gasteiger charge is -1.97. The Morgan fingerprint density at radius 1 is 1.56 bits per heavy atom. The largest absolute Gasteiger partial charge is 0.497 e. The number of ether oxygens (including phenoxy) is 1. The van der Waals surface area contributed by atoms with Crippen molar-refractivity contribution < 1.29 is 4.74 Å². The fourth-order valence-corrected chi connectivity index (χ4v) is 1.60. The summed E-state index contributed by atoms with van der Waals surface area (Å²) >= 11 is 0. The summed E-state index contributed by atoms with van der Waals surface area (Å²) in [6.07, 6.45) is 2.34. The summed E-state index contributed by atoms with van der Waals surface area (Å²) in [6, 6.07) is 5.55. The van der Waals surface area contributed by atoms with Gasteiger partial charge in [-0.25, -0.2) is 4.98 Å². The molecule has 5 heteroatoms. The number of benzene rings is 1. The summed E-state index contributed by atoms with van der Waals surface area (Å²) in [4.78, 5) is 7.42. The van der Waals surface area contributed by atoms with E-state index in [1.54, 1.807) is 13.2 Å². The lowest BCUT2D eigenvalue weighted by molar-refractivity contribution is 0.415. The van der Waals surface area contributed by atoms with E-state index < -0.39 is 0 Å². The van der Waals surface area contributed by atoms with Crippen molar-refractivity contribution >= 4 is 16.7 Å². The maximum absolute atomic E-state index is 7.91. The minimum atomic E-state index is 0.282. The highest BCUT2D eigenvalue weighted by molar-refractivity contribution is 6.05. The molecule has 0 spiro atoms. The summed E-state index contributed by atoms with van der Waals surface area (Å²) in [7, 11) is 1.62. The highest BCUT2D eigenvalue weighted by Gasteiger charge is 2.07. The first-order valence-corrected chi connectivity index (χ1v) is 5.72. The van der Waals surface area contributed by atoms with E-state index in [0.717, 1.165) is 23.2 Å². The molecule has 1 heterocycles. The Hall–Kier alpha value is -2.30. The van der Waals surface area contributed by atoms with E-state index in [9.17, 15) is 0 Å². The average molecular weight is 244 g/mol. The van der Waals surface area contributed by atoms with Crippen molar-refractivity contribution in [3.8, 4) is 5.75 Å². The van der Waals surface area contributed by atoms with Gasteiger partial charge in [0, 0.05) is 11.8 Å². The summed E-state index contributed by atoms with van der Waals surface area (Å²) in [6.45, 7) is 1.95. The van der Waals surface area contributed by atoms with Crippen molar-refractivity contribution in [1.29, 1.82) is 5.41 Å². The molecule has 0 saturated carbocycles. The first-order chi connectivity index (χ1) is 8.63. The SMILES string of the molecule is CCC(N)=CC(=N)c1nc2ccc(OC)cc2[nH]1. The molecule has 0 aliphatic carbocycles. The van der Waals surface area contributed by atoms with Gasteiger partial charge in [0.2, 0.25) is 0 Å². The normalized spacial score (nSPS) is 11.8. The quantitative estimate of drug-likeness (QED) is 0.720. The van der Waals surface area contributed by atoms with Crippen molar-refractivity contribution in [3.63, 3.8) is 0 Å². The van der Waals surface area contributed by atoms with Crippen LogP contribution in [0.3, 0.4) is 0 Å². The number of allylic oxidation sites excluding steroid dienone is 2. The molecule has 1 aromatic heterocycles. The third-order valence-corrected chi connectivity index (χ3v) is 2.68. The van der Waals surface area contributed by atoms with Crippen LogP contribution in [-0.4, -0.2) is 22.8 Å². The number of hydrogen-bond acceptors (Lipinski definition) is 4. The van der Waals surface area contributed by atoms with E-state index in [-0.39, 0.29) is 5.71 Å². The molecule has 1 aromatic carbocycles. The van der Waals surface area contributed by atoms with Crippen LogP contribution in [0.25, 0.3) is 11.0 Å². The van der Waals surface area contributed by atoms with Gasteiger partial charge in [0.15, 0.2) is 5.82 Å². The van der Waals surface area contributed by atoms with Crippen LogP contribution in [0.1, 0.15) is 19.2 Å². The lowest BCUT2D eigenvalue weighted by Crippen LogP contribution is -2.03. The Bertz CT molecular complexity index is 612. The molecule has 0 atom stereocenters. The molecule has 0 fully saturated rings. The molecule has 18 heavy (non-hydrogen) atoms. The molecule has 5 nitrogen and oxygen atoms in total. The Morgan fingerprint density at radius 3 is 3.00 bits per heavy atom. The number of rotatable bonds is 4. The van der Waals surface area contributed by atoms with Crippen molar-refractivity contribution in [2.75, 3.05) is 7.11 Å². The minimum absolute atomic E-state index is 0.282. The van der Waals surface area contributed by atoms with Crippen LogP contribution in [0.15, 0.2) is 30.0 Å². The number of nitrogens with one attached hydrogen (secondary N) is 2. The van der Waals surface area contributed by atoms with Gasteiger partial charge in [0.25, 0.3) is 0 Å². The maximum Gasteiger partial charge on any atom is 0.156 e. The average Bonchev–Trinajstić information content (AvgIpc) is 2.81. The Morgan fingerprint density at radius 2 is 2.33 bits per heavy atom. The Labute approximate surface area is 105 Å². The molecule has 0 bridgehead atoms. The smallest absolute Gasteiger partial charge is 0.156 e. The standard InChI is InChI=1S/C13H16N4O/c1-3-8(14)6-10(15)13-16-11-5-4-9(18-2)7-12(11)17-13/h4-7,15H,3,14H2,1-2H3,(H,16,17). The Kier molecular flexibility index (Phi) is 3.32. The van der Waals surface area contributed by atoms with E-state index in [4.69, 9.17) is 15.9 Å². The molecule has 0 amide bonds. The third kappa shape index (κ3) is 2.34. The van der Waals surface area contributed by atoms with Gasteiger partial charge < -0.3 is 15.5 Å². The number of nitrogens with zero attached hydrogens (tertiary/aromatic N) is 1. The van der Waals surface area contributed by atoms with Crippen LogP contribution in [0.4, 0.5) is 0 Å². The van der Waals surface area contributed by atoms with Crippen LogP contribution in [0, 0.1) is 5.41 Å². The number of methoxy groups -OCH3 is 1. The topological polar surface area (TPSA) is 87.8 Å². The second-order valence-corrected chi connectivity index (χ2v) is 3.95. The van der Waals surface area contributed by atoms with Crippen molar-refractivity contribution in [2.24, 2.45) is 5.73 Å². The van der Waals surface area contributed by atoms with Crippen molar-refractivity contribution in [1.82, 2.24) is 9.97 Å². The zero-order chi connectivity index (χ0) is 13.1. The van der Waals surface area contributed by atoms with Crippen LogP contribution in [0.2, 0.25) is 0 Å². The van der Waals surface area contributed by atoms with Gasteiger partial charge in [-0.1, -0.05) is 6.92 Å². The Balaban J connectivity index is 2.38. The monoisotopic (exact) mass is 244 g/mol. The molecule has 0 unspecified atom stereocenters. The van der Waals surface area contributed by atoms with Crippen LogP contribution in [-0.2, 0) is 0 Å². The van der Waals surface area contributed by atoms with Gasteiger partial charge in [0.05, 0.1) is 23.9 Å². The number of aromatic amines is 1. The highest BCUT2D eigenvalue weighted by atomic mass is 16.5. The molecule has 0 aliphatic rings. The molecule has 0 saturated heterocycles. The van der Waals surface area contributed by atoms with Crippen molar-refractivity contribution in [2.45, 2.75) is 13.3 Å². The summed E-state index contributed by atoms with van der Waals surface area (Å²) in [5.74, 6) is 1.27. The van der Waals surface area contributed by atoms with E-state index in [0.29, 0.717) is 11.5 Å². The first kappa shape index (κ1) is 12.2. The van der Waals surface area contributed by atoms with Gasteiger partial charge in [-0.15, -0.1) is 0 Å². The molecule has 94 valence electrons. The molecule has 4 N–H and O–H groups in total. The van der Waals surface area contributed by atoms with Gasteiger partial charge in [-0.2, -0.15) is 0 Å². The molecular formula is C13H16N4O. The number of H-pyrrole nitrogens is 1. The second-order valence-electron chi connectivity index (χ2n) is 3.95. The van der Waals surface area contributed by atoms with Gasteiger partial charge in [-0.3, -0.25) is 5.41 Å². The van der Waals surface area contributed by atoms with E-state index in [2.05, 4.69) is 9.97 Å². The second kappa shape index (κ2) is 4.91. The fourth-order valence-electron chi connectivity index (χ4n) is 1.60. The predicted octanol–water partition coefficient (Wildman–Crippen LogP) is 2.19. The summed E-state index contributed by atoms with van der Waals surface area (Å²) in [5, 5.41) is 7.91. The van der Waals surface area contributed by atoms with Crippen molar-refractivity contribution in [3.05, 3.63) is 35.8 Å². The summed E-state index contributed by atoms with van der Waals surface area (Å²) in [5.41, 5.74) is 8.31. The highest BCUT2D eigenvalue weighted by Crippen LogP contribution is 2.18. The number of nitrogens with two attached hydrogens (primary N) is 1. The van der Waals surface area contributed by atoms with E-state index in [1.807, 2.05) is 25.1 Å². The molecule has 2 aromatic rings. The van der Waals surface area contributed by atoms with Gasteiger partial charge in [-0.05, 0) is 24.6 Å². The number of imidazole rings is 1. The van der Waals surface area contributed by atoms with Crippen LogP contribution in [0.5, 0.6) is 5.75 Å². The molecule has 0 radical (unpaired) electrons. The van der Waals surface area contributed by atoms with E-state index >= 15 is 0 Å². The number of aromatic nitrogens is 2. The molecule has 2 rings (SSSR count). The van der Waals surface area contributed by atoms with E-state index in [1.165, 1.54) is 0 Å². The third-order valence-electron chi connectivity index (χ3n) is 2.68. The first-order valence-electron chi connectivity index (χ1n) is 5.72. The van der Waals surface area contributed by atoms with Crippen LogP contribution < -0.4 is 10.5 Å². The maximum atomic E-state index is 7.91. The number of hydrogen-bond donors (Lipinski definition) is 3. The molecular weight excluding hydrogens is 228 g/mol. The van der Waals surface area contributed by atoms with Crippen LogP contribution >= 0.6 is 0 Å². The minimum Gasteiger partial charge on any atom is -0.497 e. The zero-order valence-electron chi connectivity index (χ0n) is 10.4. The lowest BCUT2D eigenvalue weighted by atomic mass is 10.2. The fraction of sp³-hybridized carbons (Fsp3) is 0.231. The molecule has 0 aliphatic heterocycles. The summed E-state index contributed by atoms with van der Waals surface area (Å²) < 4.78 is 5.14. The zero-order valence-corrected chi connectivity index (χ0v) is 10.4. The van der Waals surface area contributed by atoms with Gasteiger partial charge in [0.1, 0.15) is 5.75 Å². The predicted molar refractivity (Wildman–Crippen MR) is 72.0 cm³/mol. The number of fused-ring (bicyclic) bond motifs is 1.